The second kappa shape index (κ2) is 3.25. The first-order valence-electron chi connectivity index (χ1n) is 4.63. The lowest BCUT2D eigenvalue weighted by molar-refractivity contribution is 0.854. The van der Waals surface area contributed by atoms with E-state index in [4.69, 9.17) is 0 Å². The molecule has 0 bridgehead atoms. The van der Waals surface area contributed by atoms with Gasteiger partial charge in [-0.25, -0.2) is 9.67 Å². The second-order valence-electron chi connectivity index (χ2n) is 3.46. The summed E-state index contributed by atoms with van der Waals surface area (Å²) in [5.74, 6) is 0.797. The summed E-state index contributed by atoms with van der Waals surface area (Å²) in [6.45, 7) is 6.09. The molecular formula is C11H13N3. The molecule has 1 aromatic carbocycles. The van der Waals surface area contributed by atoms with Crippen molar-refractivity contribution >= 4 is 0 Å². The van der Waals surface area contributed by atoms with Gasteiger partial charge >= 0.3 is 0 Å². The molecule has 0 atom stereocenters. The van der Waals surface area contributed by atoms with E-state index in [0.717, 1.165) is 11.5 Å². The fraction of sp³-hybridized carbons (Fsp3) is 0.273. The lowest BCUT2D eigenvalue weighted by Gasteiger charge is -2.06. The summed E-state index contributed by atoms with van der Waals surface area (Å²) in [6.07, 6.45) is 1.75. The predicted molar refractivity (Wildman–Crippen MR) is 55.6 cm³/mol. The van der Waals surface area contributed by atoms with E-state index in [0.29, 0.717) is 0 Å². The van der Waals surface area contributed by atoms with Crippen LogP contribution >= 0.6 is 0 Å². The summed E-state index contributed by atoms with van der Waals surface area (Å²) in [4.78, 5) is 4.12. The maximum Gasteiger partial charge on any atom is 0.147 e. The van der Waals surface area contributed by atoms with Gasteiger partial charge in [-0.15, -0.1) is 0 Å². The van der Waals surface area contributed by atoms with Crippen LogP contribution in [0.3, 0.4) is 0 Å². The average molecular weight is 187 g/mol. The summed E-state index contributed by atoms with van der Waals surface area (Å²) in [5, 5.41) is 4.29. The zero-order valence-electron chi connectivity index (χ0n) is 8.65. The van der Waals surface area contributed by atoms with Crippen molar-refractivity contribution in [1.29, 1.82) is 0 Å². The van der Waals surface area contributed by atoms with Gasteiger partial charge in [0.1, 0.15) is 12.2 Å². The zero-order chi connectivity index (χ0) is 10.1. The molecular weight excluding hydrogens is 174 g/mol. The van der Waals surface area contributed by atoms with E-state index in [-0.39, 0.29) is 0 Å². The van der Waals surface area contributed by atoms with Crippen molar-refractivity contribution in [3.05, 3.63) is 41.5 Å². The molecule has 2 aromatic rings. The van der Waals surface area contributed by atoms with Crippen LogP contribution in [-0.4, -0.2) is 14.8 Å². The highest BCUT2D eigenvalue weighted by atomic mass is 15.3. The first kappa shape index (κ1) is 8.94. The number of hydrogen-bond acceptors (Lipinski definition) is 2. The largest absolute Gasteiger partial charge is 0.221 e. The van der Waals surface area contributed by atoms with Gasteiger partial charge in [-0.1, -0.05) is 12.1 Å². The van der Waals surface area contributed by atoms with Crippen LogP contribution in [0.2, 0.25) is 0 Å². The molecule has 0 saturated heterocycles. The van der Waals surface area contributed by atoms with E-state index in [1.54, 1.807) is 6.33 Å². The fourth-order valence-corrected chi connectivity index (χ4v) is 1.45. The standard InChI is InChI=1S/C11H13N3/c1-8-5-4-6-11(9(8)2)14-7-12-10(3)13-14/h4-7H,1-3H3. The maximum atomic E-state index is 4.29. The zero-order valence-corrected chi connectivity index (χ0v) is 8.65. The molecule has 1 aromatic heterocycles. The van der Waals surface area contributed by atoms with Gasteiger partial charge in [0, 0.05) is 0 Å². The number of rotatable bonds is 1. The van der Waals surface area contributed by atoms with E-state index < -0.39 is 0 Å². The monoisotopic (exact) mass is 187 g/mol. The molecule has 0 saturated carbocycles. The van der Waals surface area contributed by atoms with Gasteiger partial charge in [0.15, 0.2) is 0 Å². The van der Waals surface area contributed by atoms with Gasteiger partial charge in [0.25, 0.3) is 0 Å². The Kier molecular flexibility index (Phi) is 2.08. The summed E-state index contributed by atoms with van der Waals surface area (Å²) in [6, 6.07) is 6.19. The lowest BCUT2D eigenvalue weighted by atomic mass is 10.1. The molecule has 0 spiro atoms. The minimum absolute atomic E-state index is 0.797. The van der Waals surface area contributed by atoms with Gasteiger partial charge in [-0.05, 0) is 38.0 Å². The Morgan fingerprint density at radius 1 is 1.14 bits per heavy atom. The number of aromatic nitrogens is 3. The van der Waals surface area contributed by atoms with E-state index in [1.807, 2.05) is 17.7 Å². The van der Waals surface area contributed by atoms with Crippen LogP contribution in [0.1, 0.15) is 17.0 Å². The number of hydrogen-bond donors (Lipinski definition) is 0. The Morgan fingerprint density at radius 2 is 1.93 bits per heavy atom. The highest BCUT2D eigenvalue weighted by Crippen LogP contribution is 2.15. The maximum absolute atomic E-state index is 4.29. The SMILES string of the molecule is Cc1ncn(-c2cccc(C)c2C)n1. The Bertz CT molecular complexity index is 457. The van der Waals surface area contributed by atoms with Gasteiger partial charge in [0.05, 0.1) is 5.69 Å². The Morgan fingerprint density at radius 3 is 2.57 bits per heavy atom. The molecule has 3 heteroatoms. The van der Waals surface area contributed by atoms with Gasteiger partial charge in [-0.3, -0.25) is 0 Å². The number of aryl methyl sites for hydroxylation is 2. The third-order valence-corrected chi connectivity index (χ3v) is 2.43. The fourth-order valence-electron chi connectivity index (χ4n) is 1.45. The second-order valence-corrected chi connectivity index (χ2v) is 3.46. The van der Waals surface area contributed by atoms with Crippen molar-refractivity contribution in [1.82, 2.24) is 14.8 Å². The van der Waals surface area contributed by atoms with E-state index in [2.05, 4.69) is 36.1 Å². The van der Waals surface area contributed by atoms with E-state index in [1.165, 1.54) is 11.1 Å². The van der Waals surface area contributed by atoms with Crippen LogP contribution in [-0.2, 0) is 0 Å². The molecule has 1 heterocycles. The van der Waals surface area contributed by atoms with E-state index >= 15 is 0 Å². The topological polar surface area (TPSA) is 30.7 Å². The number of nitrogens with zero attached hydrogens (tertiary/aromatic N) is 3. The van der Waals surface area contributed by atoms with Crippen molar-refractivity contribution in [2.75, 3.05) is 0 Å². The summed E-state index contributed by atoms with van der Waals surface area (Å²) in [7, 11) is 0. The first-order chi connectivity index (χ1) is 6.68. The Labute approximate surface area is 83.4 Å². The third kappa shape index (κ3) is 1.41. The molecule has 0 amide bonds. The highest BCUT2D eigenvalue weighted by Gasteiger charge is 2.03. The summed E-state index contributed by atoms with van der Waals surface area (Å²) in [5.41, 5.74) is 3.62. The van der Waals surface area contributed by atoms with Gasteiger partial charge < -0.3 is 0 Å². The van der Waals surface area contributed by atoms with Crippen molar-refractivity contribution in [3.8, 4) is 5.69 Å². The van der Waals surface area contributed by atoms with Gasteiger partial charge in [0.2, 0.25) is 0 Å². The van der Waals surface area contributed by atoms with Crippen LogP contribution in [0.25, 0.3) is 5.69 Å². The highest BCUT2D eigenvalue weighted by molar-refractivity contribution is 5.43. The minimum Gasteiger partial charge on any atom is -0.221 e. The van der Waals surface area contributed by atoms with Crippen LogP contribution in [0.4, 0.5) is 0 Å². The molecule has 14 heavy (non-hydrogen) atoms. The Balaban J connectivity index is 2.57. The molecule has 72 valence electrons. The van der Waals surface area contributed by atoms with Crippen LogP contribution < -0.4 is 0 Å². The molecule has 0 aliphatic heterocycles. The van der Waals surface area contributed by atoms with Crippen LogP contribution in [0, 0.1) is 20.8 Å². The molecule has 0 radical (unpaired) electrons. The smallest absolute Gasteiger partial charge is 0.147 e. The lowest BCUT2D eigenvalue weighted by Crippen LogP contribution is -1.99. The van der Waals surface area contributed by atoms with Crippen molar-refractivity contribution in [3.63, 3.8) is 0 Å². The van der Waals surface area contributed by atoms with Gasteiger partial charge in [-0.2, -0.15) is 5.10 Å². The molecule has 2 rings (SSSR count). The summed E-state index contributed by atoms with van der Waals surface area (Å²) < 4.78 is 1.82. The molecule has 3 nitrogen and oxygen atoms in total. The van der Waals surface area contributed by atoms with Crippen molar-refractivity contribution in [2.45, 2.75) is 20.8 Å². The van der Waals surface area contributed by atoms with Crippen LogP contribution in [0.5, 0.6) is 0 Å². The average Bonchev–Trinajstić information content (AvgIpc) is 2.57. The van der Waals surface area contributed by atoms with Crippen LogP contribution in [0.15, 0.2) is 24.5 Å². The summed E-state index contributed by atoms with van der Waals surface area (Å²) >= 11 is 0. The minimum atomic E-state index is 0.797. The molecule has 0 fully saturated rings. The predicted octanol–water partition coefficient (Wildman–Crippen LogP) is 2.19. The van der Waals surface area contributed by atoms with Crippen molar-refractivity contribution < 1.29 is 0 Å². The first-order valence-corrected chi connectivity index (χ1v) is 4.63. The number of benzene rings is 1. The normalized spacial score (nSPS) is 10.5. The van der Waals surface area contributed by atoms with Crippen molar-refractivity contribution in [2.24, 2.45) is 0 Å². The molecule has 0 aliphatic rings. The van der Waals surface area contributed by atoms with E-state index in [9.17, 15) is 0 Å². The molecule has 0 unspecified atom stereocenters. The molecule has 0 N–H and O–H groups in total. The Hall–Kier alpha value is -1.64. The third-order valence-electron chi connectivity index (χ3n) is 2.43. The quantitative estimate of drug-likeness (QED) is 0.685. The molecule has 0 aliphatic carbocycles.